The lowest BCUT2D eigenvalue weighted by atomic mass is 9.81. The van der Waals surface area contributed by atoms with E-state index in [2.05, 4.69) is 11.4 Å². The Morgan fingerprint density at radius 2 is 1.89 bits per heavy atom. The number of hydrogen-bond acceptors (Lipinski definition) is 3. The summed E-state index contributed by atoms with van der Waals surface area (Å²) in [5.41, 5.74) is 6.94. The van der Waals surface area contributed by atoms with Gasteiger partial charge in [0.1, 0.15) is 0 Å². The first kappa shape index (κ1) is 15.2. The Labute approximate surface area is 114 Å². The van der Waals surface area contributed by atoms with Crippen molar-refractivity contribution in [3.8, 4) is 6.07 Å². The number of nitrogens with one attached hydrogen (secondary N) is 1. The van der Waals surface area contributed by atoms with Crippen LogP contribution in [0.4, 0.5) is 5.69 Å². The van der Waals surface area contributed by atoms with Crippen LogP contribution < -0.4 is 11.1 Å². The molecule has 1 aromatic carbocycles. The molecule has 0 atom stereocenters. The standard InChI is InChI=1S/C15H21N3O/c1-3-15(4-2,11-17)14(19)18-13-7-5-12(6-8-13)9-10-16/h5-8H,3-4,9,11,17H2,1-2H3,(H,18,19). The SMILES string of the molecule is CCC(CC)(CN)C(=O)Nc1ccc(CC#N)cc1. The van der Waals surface area contributed by atoms with Crippen molar-refractivity contribution in [2.45, 2.75) is 33.1 Å². The summed E-state index contributed by atoms with van der Waals surface area (Å²) in [6.45, 7) is 4.30. The van der Waals surface area contributed by atoms with Crippen molar-refractivity contribution < 1.29 is 4.79 Å². The van der Waals surface area contributed by atoms with Crippen molar-refractivity contribution in [2.24, 2.45) is 11.1 Å². The van der Waals surface area contributed by atoms with Gasteiger partial charge in [0, 0.05) is 12.2 Å². The number of carbonyl (C=O) groups is 1. The highest BCUT2D eigenvalue weighted by Gasteiger charge is 2.33. The van der Waals surface area contributed by atoms with Crippen LogP contribution in [-0.4, -0.2) is 12.5 Å². The predicted molar refractivity (Wildman–Crippen MR) is 76.5 cm³/mol. The average Bonchev–Trinajstić information content (AvgIpc) is 2.44. The van der Waals surface area contributed by atoms with Gasteiger partial charge in [-0.25, -0.2) is 0 Å². The minimum atomic E-state index is -0.495. The minimum Gasteiger partial charge on any atom is -0.329 e. The van der Waals surface area contributed by atoms with Gasteiger partial charge in [-0.05, 0) is 30.5 Å². The van der Waals surface area contributed by atoms with E-state index in [4.69, 9.17) is 11.0 Å². The zero-order chi connectivity index (χ0) is 14.3. The molecule has 3 N–H and O–H groups in total. The number of amides is 1. The Morgan fingerprint density at radius 3 is 2.32 bits per heavy atom. The number of anilines is 1. The highest BCUT2D eigenvalue weighted by molar-refractivity contribution is 5.95. The molecule has 0 saturated carbocycles. The van der Waals surface area contributed by atoms with E-state index in [1.165, 1.54) is 0 Å². The van der Waals surface area contributed by atoms with Crippen LogP contribution in [0.5, 0.6) is 0 Å². The maximum Gasteiger partial charge on any atom is 0.231 e. The maximum atomic E-state index is 12.3. The van der Waals surface area contributed by atoms with E-state index in [1.807, 2.05) is 38.1 Å². The molecule has 0 fully saturated rings. The lowest BCUT2D eigenvalue weighted by Gasteiger charge is -2.28. The van der Waals surface area contributed by atoms with Crippen molar-refractivity contribution in [2.75, 3.05) is 11.9 Å². The summed E-state index contributed by atoms with van der Waals surface area (Å²) in [5.74, 6) is -0.0342. The van der Waals surface area contributed by atoms with E-state index < -0.39 is 5.41 Å². The minimum absolute atomic E-state index is 0.0342. The zero-order valence-corrected chi connectivity index (χ0v) is 11.6. The van der Waals surface area contributed by atoms with Crippen LogP contribution in [0.1, 0.15) is 32.3 Å². The second-order valence-electron chi connectivity index (χ2n) is 4.68. The van der Waals surface area contributed by atoms with Gasteiger partial charge in [0.05, 0.1) is 17.9 Å². The molecule has 0 spiro atoms. The number of carbonyl (C=O) groups excluding carboxylic acids is 1. The van der Waals surface area contributed by atoms with Gasteiger partial charge in [0.15, 0.2) is 0 Å². The van der Waals surface area contributed by atoms with E-state index in [0.29, 0.717) is 13.0 Å². The second kappa shape index (κ2) is 6.91. The van der Waals surface area contributed by atoms with E-state index in [0.717, 1.165) is 24.1 Å². The largest absolute Gasteiger partial charge is 0.329 e. The molecular formula is C15H21N3O. The fourth-order valence-corrected chi connectivity index (χ4v) is 2.01. The molecular weight excluding hydrogens is 238 g/mol. The molecule has 4 heteroatoms. The maximum absolute atomic E-state index is 12.3. The number of rotatable bonds is 6. The Balaban J connectivity index is 2.79. The molecule has 0 aromatic heterocycles. The van der Waals surface area contributed by atoms with Crippen LogP contribution in [0.25, 0.3) is 0 Å². The summed E-state index contributed by atoms with van der Waals surface area (Å²) >= 11 is 0. The highest BCUT2D eigenvalue weighted by atomic mass is 16.2. The van der Waals surface area contributed by atoms with Gasteiger partial charge in [-0.1, -0.05) is 26.0 Å². The van der Waals surface area contributed by atoms with Crippen molar-refractivity contribution in [1.29, 1.82) is 5.26 Å². The Bertz CT molecular complexity index is 447. The second-order valence-corrected chi connectivity index (χ2v) is 4.68. The third-order valence-corrected chi connectivity index (χ3v) is 3.72. The van der Waals surface area contributed by atoms with E-state index in [9.17, 15) is 4.79 Å². The summed E-state index contributed by atoms with van der Waals surface area (Å²) in [4.78, 5) is 12.3. The lowest BCUT2D eigenvalue weighted by molar-refractivity contribution is -0.125. The fraction of sp³-hybridized carbons (Fsp3) is 0.467. The summed E-state index contributed by atoms with van der Waals surface area (Å²) in [6.07, 6.45) is 1.82. The van der Waals surface area contributed by atoms with Crippen LogP contribution >= 0.6 is 0 Å². The molecule has 0 saturated heterocycles. The fourth-order valence-electron chi connectivity index (χ4n) is 2.01. The Morgan fingerprint density at radius 1 is 1.32 bits per heavy atom. The summed E-state index contributed by atoms with van der Waals surface area (Å²) < 4.78 is 0. The van der Waals surface area contributed by atoms with Gasteiger partial charge in [-0.2, -0.15) is 5.26 Å². The van der Waals surface area contributed by atoms with Crippen LogP contribution in [0, 0.1) is 16.7 Å². The smallest absolute Gasteiger partial charge is 0.231 e. The molecule has 4 nitrogen and oxygen atoms in total. The zero-order valence-electron chi connectivity index (χ0n) is 11.6. The third-order valence-electron chi connectivity index (χ3n) is 3.72. The number of nitrogens with two attached hydrogens (primary N) is 1. The lowest BCUT2D eigenvalue weighted by Crippen LogP contribution is -2.41. The van der Waals surface area contributed by atoms with Gasteiger partial charge in [-0.3, -0.25) is 4.79 Å². The van der Waals surface area contributed by atoms with Gasteiger partial charge in [0.25, 0.3) is 0 Å². The molecule has 102 valence electrons. The summed E-state index contributed by atoms with van der Waals surface area (Å²) in [5, 5.41) is 11.5. The molecule has 1 amide bonds. The number of benzene rings is 1. The first-order valence-electron chi connectivity index (χ1n) is 6.59. The van der Waals surface area contributed by atoms with Crippen molar-refractivity contribution >= 4 is 11.6 Å². The normalized spacial score (nSPS) is 10.8. The number of nitriles is 1. The van der Waals surface area contributed by atoms with Crippen molar-refractivity contribution in [1.82, 2.24) is 0 Å². The molecule has 1 aromatic rings. The molecule has 0 radical (unpaired) electrons. The van der Waals surface area contributed by atoms with Crippen LogP contribution in [0.15, 0.2) is 24.3 Å². The molecule has 0 aliphatic carbocycles. The number of hydrogen-bond donors (Lipinski definition) is 2. The first-order chi connectivity index (χ1) is 9.11. The quantitative estimate of drug-likeness (QED) is 0.823. The first-order valence-corrected chi connectivity index (χ1v) is 6.59. The molecule has 0 aliphatic rings. The number of nitrogens with zero attached hydrogens (tertiary/aromatic N) is 1. The summed E-state index contributed by atoms with van der Waals surface area (Å²) in [7, 11) is 0. The van der Waals surface area contributed by atoms with Crippen molar-refractivity contribution in [3.05, 3.63) is 29.8 Å². The van der Waals surface area contributed by atoms with E-state index in [-0.39, 0.29) is 5.91 Å². The molecule has 19 heavy (non-hydrogen) atoms. The van der Waals surface area contributed by atoms with Gasteiger partial charge >= 0.3 is 0 Å². The van der Waals surface area contributed by atoms with Gasteiger partial charge in [0.2, 0.25) is 5.91 Å². The Hall–Kier alpha value is -1.86. The molecule has 0 heterocycles. The average molecular weight is 259 g/mol. The Kier molecular flexibility index (Phi) is 5.53. The molecule has 1 rings (SSSR count). The van der Waals surface area contributed by atoms with E-state index >= 15 is 0 Å². The van der Waals surface area contributed by atoms with E-state index in [1.54, 1.807) is 0 Å². The predicted octanol–water partition coefficient (Wildman–Crippen LogP) is 2.46. The highest BCUT2D eigenvalue weighted by Crippen LogP contribution is 2.27. The molecule has 0 bridgehead atoms. The summed E-state index contributed by atoms with van der Waals surface area (Å²) in [6, 6.07) is 9.42. The van der Waals surface area contributed by atoms with Crippen LogP contribution in [-0.2, 0) is 11.2 Å². The molecule has 0 unspecified atom stereocenters. The van der Waals surface area contributed by atoms with Crippen LogP contribution in [0.3, 0.4) is 0 Å². The topological polar surface area (TPSA) is 78.9 Å². The molecule has 0 aliphatic heterocycles. The van der Waals surface area contributed by atoms with Gasteiger partial charge < -0.3 is 11.1 Å². The van der Waals surface area contributed by atoms with Crippen molar-refractivity contribution in [3.63, 3.8) is 0 Å². The van der Waals surface area contributed by atoms with Crippen LogP contribution in [0.2, 0.25) is 0 Å². The third kappa shape index (κ3) is 3.55. The monoisotopic (exact) mass is 259 g/mol. The van der Waals surface area contributed by atoms with Gasteiger partial charge in [-0.15, -0.1) is 0 Å².